The molecule has 0 saturated heterocycles. The standard InChI is InChI=1S/C14H21ClN2O3S/c1-4-9-16-14(18)8-10-17(21(3,19)20)13-7-5-6-12(15)11(13)2/h5-7H,4,8-10H2,1-3H3,(H,16,18). The number of benzene rings is 1. The van der Waals surface area contributed by atoms with Crippen LogP contribution in [0.3, 0.4) is 0 Å². The number of sulfonamides is 1. The molecule has 0 aromatic heterocycles. The van der Waals surface area contributed by atoms with Crippen LogP contribution in [0.2, 0.25) is 5.02 Å². The van der Waals surface area contributed by atoms with Crippen molar-refractivity contribution in [1.82, 2.24) is 5.32 Å². The van der Waals surface area contributed by atoms with Crippen LogP contribution in [0.1, 0.15) is 25.3 Å². The molecule has 21 heavy (non-hydrogen) atoms. The molecule has 0 aliphatic heterocycles. The van der Waals surface area contributed by atoms with E-state index in [4.69, 9.17) is 11.6 Å². The average molecular weight is 333 g/mol. The average Bonchev–Trinajstić information content (AvgIpc) is 2.39. The topological polar surface area (TPSA) is 66.5 Å². The highest BCUT2D eigenvalue weighted by Crippen LogP contribution is 2.28. The zero-order valence-electron chi connectivity index (χ0n) is 12.5. The summed E-state index contributed by atoms with van der Waals surface area (Å²) in [7, 11) is -3.48. The number of anilines is 1. The van der Waals surface area contributed by atoms with Crippen molar-refractivity contribution in [1.29, 1.82) is 0 Å². The molecule has 0 bridgehead atoms. The fourth-order valence-electron chi connectivity index (χ4n) is 1.89. The lowest BCUT2D eigenvalue weighted by molar-refractivity contribution is -0.120. The van der Waals surface area contributed by atoms with Gasteiger partial charge in [-0.3, -0.25) is 9.10 Å². The van der Waals surface area contributed by atoms with E-state index in [0.717, 1.165) is 12.7 Å². The van der Waals surface area contributed by atoms with Gasteiger partial charge >= 0.3 is 0 Å². The minimum atomic E-state index is -3.48. The molecule has 0 atom stereocenters. The Morgan fingerprint density at radius 1 is 1.38 bits per heavy atom. The number of carbonyl (C=O) groups is 1. The SMILES string of the molecule is CCCNC(=O)CCN(c1cccc(Cl)c1C)S(C)(=O)=O. The van der Waals surface area contributed by atoms with Crippen molar-refractivity contribution in [3.8, 4) is 0 Å². The van der Waals surface area contributed by atoms with Gasteiger partial charge in [0.05, 0.1) is 11.9 Å². The molecule has 1 rings (SSSR count). The van der Waals surface area contributed by atoms with Crippen LogP contribution in [0.4, 0.5) is 5.69 Å². The quantitative estimate of drug-likeness (QED) is 0.833. The molecule has 1 N–H and O–H groups in total. The zero-order chi connectivity index (χ0) is 16.0. The van der Waals surface area contributed by atoms with Crippen molar-refractivity contribution in [2.45, 2.75) is 26.7 Å². The lowest BCUT2D eigenvalue weighted by Crippen LogP contribution is -2.35. The van der Waals surface area contributed by atoms with Crippen LogP contribution in [0.15, 0.2) is 18.2 Å². The van der Waals surface area contributed by atoms with Gasteiger partial charge in [-0.05, 0) is 31.0 Å². The molecule has 1 aromatic carbocycles. The summed E-state index contributed by atoms with van der Waals surface area (Å²) >= 11 is 6.04. The largest absolute Gasteiger partial charge is 0.356 e. The van der Waals surface area contributed by atoms with Crippen LogP contribution < -0.4 is 9.62 Å². The molecule has 0 radical (unpaired) electrons. The molecular formula is C14H21ClN2O3S. The molecule has 0 fully saturated rings. The third-order valence-electron chi connectivity index (χ3n) is 3.02. The fourth-order valence-corrected chi connectivity index (χ4v) is 3.03. The van der Waals surface area contributed by atoms with Crippen LogP contribution >= 0.6 is 11.6 Å². The van der Waals surface area contributed by atoms with Gasteiger partial charge in [0, 0.05) is 24.5 Å². The number of amides is 1. The summed E-state index contributed by atoms with van der Waals surface area (Å²) in [6, 6.07) is 5.08. The Kier molecular flexibility index (Phi) is 6.48. The summed E-state index contributed by atoms with van der Waals surface area (Å²) in [5.41, 5.74) is 1.19. The third kappa shape index (κ3) is 5.21. The Morgan fingerprint density at radius 2 is 2.05 bits per heavy atom. The number of nitrogens with zero attached hydrogens (tertiary/aromatic N) is 1. The molecule has 118 valence electrons. The van der Waals surface area contributed by atoms with Gasteiger partial charge < -0.3 is 5.32 Å². The number of rotatable bonds is 7. The maximum absolute atomic E-state index is 12.0. The van der Waals surface area contributed by atoms with Crippen LogP contribution in [0.25, 0.3) is 0 Å². The van der Waals surface area contributed by atoms with E-state index in [-0.39, 0.29) is 18.9 Å². The first-order chi connectivity index (χ1) is 9.77. The van der Waals surface area contributed by atoms with Crippen LogP contribution in [-0.4, -0.2) is 33.7 Å². The Balaban J connectivity index is 2.93. The van der Waals surface area contributed by atoms with Crippen molar-refractivity contribution in [3.63, 3.8) is 0 Å². The van der Waals surface area contributed by atoms with E-state index in [1.54, 1.807) is 25.1 Å². The second kappa shape index (κ2) is 7.66. The van der Waals surface area contributed by atoms with E-state index in [1.807, 2.05) is 6.92 Å². The summed E-state index contributed by atoms with van der Waals surface area (Å²) in [4.78, 5) is 11.7. The highest BCUT2D eigenvalue weighted by molar-refractivity contribution is 7.92. The second-order valence-corrected chi connectivity index (χ2v) is 7.13. The lowest BCUT2D eigenvalue weighted by atomic mass is 10.2. The number of hydrogen-bond acceptors (Lipinski definition) is 3. The Bertz CT molecular complexity index is 602. The van der Waals surface area contributed by atoms with E-state index < -0.39 is 10.0 Å². The monoisotopic (exact) mass is 332 g/mol. The third-order valence-corrected chi connectivity index (χ3v) is 4.61. The van der Waals surface area contributed by atoms with Crippen LogP contribution in [-0.2, 0) is 14.8 Å². The zero-order valence-corrected chi connectivity index (χ0v) is 14.1. The van der Waals surface area contributed by atoms with Gasteiger partial charge in [-0.1, -0.05) is 24.6 Å². The van der Waals surface area contributed by atoms with Crippen molar-refractivity contribution in [2.75, 3.05) is 23.7 Å². The minimum Gasteiger partial charge on any atom is -0.356 e. The molecule has 0 aliphatic rings. The van der Waals surface area contributed by atoms with E-state index >= 15 is 0 Å². The number of hydrogen-bond donors (Lipinski definition) is 1. The summed E-state index contributed by atoms with van der Waals surface area (Å²) in [5.74, 6) is -0.162. The van der Waals surface area contributed by atoms with Crippen LogP contribution in [0.5, 0.6) is 0 Å². The van der Waals surface area contributed by atoms with Gasteiger partial charge in [0.1, 0.15) is 0 Å². The molecule has 0 saturated carbocycles. The summed E-state index contributed by atoms with van der Waals surface area (Å²) in [6.45, 7) is 4.40. The first-order valence-electron chi connectivity index (χ1n) is 6.77. The molecule has 0 aliphatic carbocycles. The Morgan fingerprint density at radius 3 is 2.62 bits per heavy atom. The molecule has 7 heteroatoms. The lowest BCUT2D eigenvalue weighted by Gasteiger charge is -2.24. The highest BCUT2D eigenvalue weighted by atomic mass is 35.5. The van der Waals surface area contributed by atoms with E-state index in [0.29, 0.717) is 22.8 Å². The fraction of sp³-hybridized carbons (Fsp3) is 0.500. The number of nitrogens with one attached hydrogen (secondary N) is 1. The molecule has 5 nitrogen and oxygen atoms in total. The molecular weight excluding hydrogens is 312 g/mol. The van der Waals surface area contributed by atoms with E-state index in [9.17, 15) is 13.2 Å². The first kappa shape index (κ1) is 17.8. The van der Waals surface area contributed by atoms with Gasteiger partial charge in [0.15, 0.2) is 0 Å². The van der Waals surface area contributed by atoms with Crippen LogP contribution in [0, 0.1) is 6.92 Å². The Hall–Kier alpha value is -1.27. The molecule has 0 spiro atoms. The minimum absolute atomic E-state index is 0.0928. The van der Waals surface area contributed by atoms with Gasteiger partial charge in [0.25, 0.3) is 0 Å². The second-order valence-electron chi connectivity index (χ2n) is 4.82. The molecule has 0 unspecified atom stereocenters. The van der Waals surface area contributed by atoms with Crippen molar-refractivity contribution >= 4 is 33.2 Å². The van der Waals surface area contributed by atoms with Gasteiger partial charge in [0.2, 0.25) is 15.9 Å². The predicted octanol–water partition coefficient (Wildman–Crippen LogP) is 2.33. The number of halogens is 1. The molecule has 0 heterocycles. The number of carbonyl (C=O) groups excluding carboxylic acids is 1. The van der Waals surface area contributed by atoms with Gasteiger partial charge in [-0.2, -0.15) is 0 Å². The van der Waals surface area contributed by atoms with E-state index in [1.165, 1.54) is 4.31 Å². The summed E-state index contributed by atoms with van der Waals surface area (Å²) in [5, 5.41) is 3.23. The molecule has 1 amide bonds. The normalized spacial score (nSPS) is 11.2. The van der Waals surface area contributed by atoms with Crippen molar-refractivity contribution in [3.05, 3.63) is 28.8 Å². The first-order valence-corrected chi connectivity index (χ1v) is 8.99. The summed E-state index contributed by atoms with van der Waals surface area (Å²) in [6.07, 6.45) is 2.07. The molecule has 1 aromatic rings. The maximum atomic E-state index is 12.0. The Labute approximate surface area is 131 Å². The predicted molar refractivity (Wildman–Crippen MR) is 86.3 cm³/mol. The van der Waals surface area contributed by atoms with Gasteiger partial charge in [-0.15, -0.1) is 0 Å². The van der Waals surface area contributed by atoms with Crippen molar-refractivity contribution < 1.29 is 13.2 Å². The van der Waals surface area contributed by atoms with Gasteiger partial charge in [-0.25, -0.2) is 8.42 Å². The smallest absolute Gasteiger partial charge is 0.232 e. The van der Waals surface area contributed by atoms with E-state index in [2.05, 4.69) is 5.32 Å². The van der Waals surface area contributed by atoms with Crippen molar-refractivity contribution in [2.24, 2.45) is 0 Å². The highest BCUT2D eigenvalue weighted by Gasteiger charge is 2.20. The summed E-state index contributed by atoms with van der Waals surface area (Å²) < 4.78 is 25.2. The maximum Gasteiger partial charge on any atom is 0.232 e.